The molecule has 0 heterocycles. The summed E-state index contributed by atoms with van der Waals surface area (Å²) < 4.78 is 0. The van der Waals surface area contributed by atoms with Gasteiger partial charge in [0.15, 0.2) is 0 Å². The first-order valence-corrected chi connectivity index (χ1v) is 23.0. The molecule has 0 radical (unpaired) electrons. The molecule has 3 aliphatic rings. The summed E-state index contributed by atoms with van der Waals surface area (Å²) in [5.74, 6) is 0. The van der Waals surface area contributed by atoms with Crippen LogP contribution < -0.4 is 4.90 Å². The van der Waals surface area contributed by atoms with Crippen molar-refractivity contribution in [2.75, 3.05) is 4.90 Å². The van der Waals surface area contributed by atoms with Gasteiger partial charge in [0.2, 0.25) is 0 Å². The van der Waals surface area contributed by atoms with Gasteiger partial charge >= 0.3 is 0 Å². The Morgan fingerprint density at radius 3 is 1.44 bits per heavy atom. The summed E-state index contributed by atoms with van der Waals surface area (Å²) in [5.41, 5.74) is 26.0. The molecule has 1 nitrogen and oxygen atoms in total. The van der Waals surface area contributed by atoms with Gasteiger partial charge in [0, 0.05) is 16.9 Å². The molecular formula is C65H41N. The molecule has 0 N–H and O–H groups in total. The van der Waals surface area contributed by atoms with Gasteiger partial charge in [0.05, 0.1) is 11.1 Å². The second-order valence-electron chi connectivity index (χ2n) is 17.9. The van der Waals surface area contributed by atoms with Crippen molar-refractivity contribution >= 4 is 27.8 Å². The van der Waals surface area contributed by atoms with Crippen molar-refractivity contribution in [1.29, 1.82) is 0 Å². The van der Waals surface area contributed by atoms with Gasteiger partial charge in [0.1, 0.15) is 0 Å². The molecule has 306 valence electrons. The summed E-state index contributed by atoms with van der Waals surface area (Å²) in [6.45, 7) is 0. The Kier molecular flexibility index (Phi) is 7.97. The van der Waals surface area contributed by atoms with Crippen LogP contribution in [0.3, 0.4) is 0 Å². The van der Waals surface area contributed by atoms with Gasteiger partial charge in [-0.1, -0.05) is 212 Å². The van der Waals surface area contributed by atoms with E-state index in [9.17, 15) is 0 Å². The maximum Gasteiger partial charge on any atom is 0.0726 e. The summed E-state index contributed by atoms with van der Waals surface area (Å²) in [7, 11) is 0. The fraction of sp³-hybridized carbons (Fsp3) is 0.0154. The third-order valence-corrected chi connectivity index (χ3v) is 14.6. The zero-order valence-corrected chi connectivity index (χ0v) is 36.1. The number of rotatable bonds is 6. The number of anilines is 3. The Morgan fingerprint density at radius 2 is 0.742 bits per heavy atom. The van der Waals surface area contributed by atoms with E-state index in [-0.39, 0.29) is 0 Å². The van der Waals surface area contributed by atoms with Crippen LogP contribution in [0.15, 0.2) is 249 Å². The Balaban J connectivity index is 0.970. The van der Waals surface area contributed by atoms with Gasteiger partial charge in [0.25, 0.3) is 0 Å². The molecule has 1 unspecified atom stereocenters. The van der Waals surface area contributed by atoms with Crippen LogP contribution in [-0.2, 0) is 5.41 Å². The van der Waals surface area contributed by atoms with Crippen LogP contribution in [0.2, 0.25) is 0 Å². The first-order valence-electron chi connectivity index (χ1n) is 23.0. The molecule has 0 bridgehead atoms. The SMILES string of the molecule is c1ccc(-c2ccc(-c3ccc(N(c4ccc5c(c4)-c4ccccc4C54c5ccccc5-c5c4cc4c6c(cccc56)-c5ccccc5-4)c4ccccc4-c4ccccc4)cc3)cc2)cc1. The normalized spacial score (nSPS) is 14.4. The first-order chi connectivity index (χ1) is 32.8. The molecule has 0 amide bonds. The van der Waals surface area contributed by atoms with Crippen molar-refractivity contribution in [2.45, 2.75) is 5.41 Å². The highest BCUT2D eigenvalue weighted by Crippen LogP contribution is 2.66. The topological polar surface area (TPSA) is 3.24 Å². The van der Waals surface area contributed by atoms with E-state index in [1.54, 1.807) is 0 Å². The van der Waals surface area contributed by atoms with Gasteiger partial charge in [-0.2, -0.15) is 0 Å². The highest BCUT2D eigenvalue weighted by molar-refractivity contribution is 6.21. The van der Waals surface area contributed by atoms with Crippen LogP contribution in [0, 0.1) is 0 Å². The van der Waals surface area contributed by atoms with E-state index in [2.05, 4.69) is 254 Å². The van der Waals surface area contributed by atoms with E-state index in [4.69, 9.17) is 0 Å². The minimum absolute atomic E-state index is 0.487. The molecule has 1 heteroatoms. The minimum atomic E-state index is -0.487. The average Bonchev–Trinajstić information content (AvgIpc) is 4.00. The monoisotopic (exact) mass is 835 g/mol. The molecule has 11 aromatic carbocycles. The number of hydrogen-bond donors (Lipinski definition) is 0. The number of para-hydroxylation sites is 1. The summed E-state index contributed by atoms with van der Waals surface area (Å²) in [6.07, 6.45) is 0. The molecule has 0 saturated carbocycles. The Hall–Kier alpha value is -8.52. The lowest BCUT2D eigenvalue weighted by atomic mass is 9.70. The predicted molar refractivity (Wildman–Crippen MR) is 276 cm³/mol. The van der Waals surface area contributed by atoms with Gasteiger partial charge < -0.3 is 4.90 Å². The standard InChI is InChI=1S/C65H41N/c1-3-16-42(17-4-1)43-30-32-44(33-31-43)45-34-36-47(37-35-45)66(62-29-14-11-20-49(62)46-18-5-2-6-19-46)48-38-39-60-56(40-48)52-23-9-12-27-58(52)65(60)59-28-13-10-24-54(59)64-55-26-15-25-53-50-21-7-8-22-51(50)57(63(53)55)41-61(64)65/h1-41H. The van der Waals surface area contributed by atoms with Crippen molar-refractivity contribution in [3.63, 3.8) is 0 Å². The van der Waals surface area contributed by atoms with Crippen LogP contribution >= 0.6 is 0 Å². The van der Waals surface area contributed by atoms with E-state index in [1.165, 1.54) is 111 Å². The molecule has 66 heavy (non-hydrogen) atoms. The van der Waals surface area contributed by atoms with E-state index < -0.39 is 5.41 Å². The van der Waals surface area contributed by atoms with Crippen LogP contribution in [0.5, 0.6) is 0 Å². The zero-order valence-electron chi connectivity index (χ0n) is 36.1. The Labute approximate surface area is 385 Å². The van der Waals surface area contributed by atoms with E-state index in [0.717, 1.165) is 17.1 Å². The van der Waals surface area contributed by atoms with Gasteiger partial charge in [-0.3, -0.25) is 0 Å². The maximum absolute atomic E-state index is 2.56. The van der Waals surface area contributed by atoms with Crippen molar-refractivity contribution in [3.05, 3.63) is 271 Å². The van der Waals surface area contributed by atoms with Crippen LogP contribution in [0.25, 0.3) is 88.7 Å². The number of nitrogens with zero attached hydrogens (tertiary/aromatic N) is 1. The lowest BCUT2D eigenvalue weighted by Crippen LogP contribution is -2.26. The van der Waals surface area contributed by atoms with Crippen LogP contribution in [0.1, 0.15) is 22.3 Å². The second-order valence-corrected chi connectivity index (χ2v) is 17.9. The van der Waals surface area contributed by atoms with E-state index >= 15 is 0 Å². The third-order valence-electron chi connectivity index (χ3n) is 14.6. The molecule has 1 atom stereocenters. The summed E-state index contributed by atoms with van der Waals surface area (Å²) in [6, 6.07) is 92.4. The molecule has 1 spiro atoms. The Bertz CT molecular complexity index is 3730. The molecular weight excluding hydrogens is 795 g/mol. The molecule has 0 saturated heterocycles. The summed E-state index contributed by atoms with van der Waals surface area (Å²) >= 11 is 0. The van der Waals surface area contributed by atoms with Gasteiger partial charge in [-0.15, -0.1) is 0 Å². The summed E-state index contributed by atoms with van der Waals surface area (Å²) in [5, 5.41) is 2.71. The number of benzene rings is 11. The quantitative estimate of drug-likeness (QED) is 0.161. The van der Waals surface area contributed by atoms with Gasteiger partial charge in [-0.05, 0) is 142 Å². The lowest BCUT2D eigenvalue weighted by molar-refractivity contribution is 0.795. The van der Waals surface area contributed by atoms with Crippen LogP contribution in [-0.4, -0.2) is 0 Å². The number of hydrogen-bond acceptors (Lipinski definition) is 1. The van der Waals surface area contributed by atoms with Crippen molar-refractivity contribution < 1.29 is 0 Å². The fourth-order valence-electron chi connectivity index (χ4n) is 11.9. The smallest absolute Gasteiger partial charge is 0.0726 e. The lowest BCUT2D eigenvalue weighted by Gasteiger charge is -2.32. The molecule has 0 aromatic heterocycles. The van der Waals surface area contributed by atoms with Crippen molar-refractivity contribution in [3.8, 4) is 77.9 Å². The van der Waals surface area contributed by atoms with Crippen molar-refractivity contribution in [1.82, 2.24) is 0 Å². The third kappa shape index (κ3) is 5.17. The zero-order chi connectivity index (χ0) is 43.3. The summed E-state index contributed by atoms with van der Waals surface area (Å²) in [4.78, 5) is 2.46. The Morgan fingerprint density at radius 1 is 0.258 bits per heavy atom. The first kappa shape index (κ1) is 36.9. The van der Waals surface area contributed by atoms with Gasteiger partial charge in [-0.25, -0.2) is 0 Å². The fourth-order valence-corrected chi connectivity index (χ4v) is 11.9. The van der Waals surface area contributed by atoms with Crippen LogP contribution in [0.4, 0.5) is 17.1 Å². The van der Waals surface area contributed by atoms with E-state index in [1.807, 2.05) is 0 Å². The maximum atomic E-state index is 2.56. The second kappa shape index (κ2) is 14.2. The predicted octanol–water partition coefficient (Wildman–Crippen LogP) is 17.3. The highest BCUT2D eigenvalue weighted by Gasteiger charge is 2.52. The molecule has 0 fully saturated rings. The molecule has 14 rings (SSSR count). The average molecular weight is 836 g/mol. The molecule has 3 aliphatic carbocycles. The number of fused-ring (bicyclic) bond motifs is 14. The minimum Gasteiger partial charge on any atom is -0.310 e. The largest absolute Gasteiger partial charge is 0.310 e. The highest BCUT2D eigenvalue weighted by atomic mass is 15.1. The molecule has 0 aliphatic heterocycles. The molecule has 11 aromatic rings. The van der Waals surface area contributed by atoms with Crippen molar-refractivity contribution in [2.24, 2.45) is 0 Å². The van der Waals surface area contributed by atoms with E-state index in [0.29, 0.717) is 0 Å².